The van der Waals surface area contributed by atoms with Crippen LogP contribution in [0, 0.1) is 0 Å². The van der Waals surface area contributed by atoms with Crippen LogP contribution in [0.2, 0.25) is 0 Å². The van der Waals surface area contributed by atoms with E-state index >= 15 is 0 Å². The van der Waals surface area contributed by atoms with Crippen molar-refractivity contribution in [1.82, 2.24) is 4.98 Å². The number of aromatic nitrogens is 1. The van der Waals surface area contributed by atoms with Gasteiger partial charge in [0.1, 0.15) is 6.10 Å². The molecular formula is C16H16F3NO. The minimum absolute atomic E-state index is 0.205. The topological polar surface area (TPSA) is 33.1 Å². The molecule has 2 aromatic rings. The third-order valence-corrected chi connectivity index (χ3v) is 3.20. The van der Waals surface area contributed by atoms with Crippen LogP contribution in [0.15, 0.2) is 42.6 Å². The van der Waals surface area contributed by atoms with E-state index in [0.29, 0.717) is 5.56 Å². The van der Waals surface area contributed by atoms with E-state index in [4.69, 9.17) is 0 Å². The summed E-state index contributed by atoms with van der Waals surface area (Å²) < 4.78 is 37.4. The molecule has 0 aliphatic carbocycles. The van der Waals surface area contributed by atoms with Crippen LogP contribution in [0.25, 0.3) is 0 Å². The third-order valence-electron chi connectivity index (χ3n) is 3.20. The van der Waals surface area contributed by atoms with E-state index < -0.39 is 17.8 Å². The molecule has 5 heteroatoms. The van der Waals surface area contributed by atoms with Gasteiger partial charge in [-0.05, 0) is 29.7 Å². The lowest BCUT2D eigenvalue weighted by Gasteiger charge is -2.13. The summed E-state index contributed by atoms with van der Waals surface area (Å²) in [5.41, 5.74) is 1.10. The van der Waals surface area contributed by atoms with Crippen molar-refractivity contribution in [3.8, 4) is 0 Å². The molecule has 2 rings (SSSR count). The Hall–Kier alpha value is -1.88. The maximum absolute atomic E-state index is 12.5. The van der Waals surface area contributed by atoms with Gasteiger partial charge in [-0.15, -0.1) is 0 Å². The van der Waals surface area contributed by atoms with Gasteiger partial charge in [0, 0.05) is 6.20 Å². The molecule has 0 bridgehead atoms. The number of hydrogen-bond donors (Lipinski definition) is 1. The summed E-state index contributed by atoms with van der Waals surface area (Å²) in [5, 5.41) is 10.2. The quantitative estimate of drug-likeness (QED) is 0.919. The molecule has 0 saturated heterocycles. The van der Waals surface area contributed by atoms with Crippen LogP contribution in [-0.2, 0) is 12.6 Å². The van der Waals surface area contributed by atoms with E-state index in [0.717, 1.165) is 30.7 Å². The Bertz CT molecular complexity index is 593. The van der Waals surface area contributed by atoms with Gasteiger partial charge in [0.25, 0.3) is 0 Å². The normalized spacial score (nSPS) is 13.2. The van der Waals surface area contributed by atoms with Crippen LogP contribution in [0.4, 0.5) is 13.2 Å². The van der Waals surface area contributed by atoms with Crippen molar-refractivity contribution in [1.29, 1.82) is 0 Å². The number of benzene rings is 1. The Morgan fingerprint density at radius 3 is 2.52 bits per heavy atom. The van der Waals surface area contributed by atoms with Crippen LogP contribution in [0.1, 0.15) is 41.8 Å². The monoisotopic (exact) mass is 295 g/mol. The SMILES string of the molecule is CCCc1cccc(C(O)c2ccc(C(F)(F)F)cn2)c1. The number of halogens is 3. The molecule has 0 saturated carbocycles. The van der Waals surface area contributed by atoms with Gasteiger partial charge in [0.05, 0.1) is 11.3 Å². The van der Waals surface area contributed by atoms with Crippen molar-refractivity contribution in [3.63, 3.8) is 0 Å². The summed E-state index contributed by atoms with van der Waals surface area (Å²) in [5.74, 6) is 0. The summed E-state index contributed by atoms with van der Waals surface area (Å²) in [6.45, 7) is 2.06. The molecule has 1 atom stereocenters. The second kappa shape index (κ2) is 6.26. The van der Waals surface area contributed by atoms with Crippen LogP contribution in [0.3, 0.4) is 0 Å². The molecule has 0 aliphatic heterocycles. The van der Waals surface area contributed by atoms with Gasteiger partial charge in [-0.2, -0.15) is 13.2 Å². The zero-order valence-electron chi connectivity index (χ0n) is 11.6. The molecular weight excluding hydrogens is 279 g/mol. The lowest BCUT2D eigenvalue weighted by Crippen LogP contribution is -2.08. The predicted molar refractivity (Wildman–Crippen MR) is 73.7 cm³/mol. The molecule has 1 aromatic heterocycles. The number of nitrogens with zero attached hydrogens (tertiary/aromatic N) is 1. The summed E-state index contributed by atoms with van der Waals surface area (Å²) in [7, 11) is 0. The summed E-state index contributed by atoms with van der Waals surface area (Å²) in [6, 6.07) is 9.52. The predicted octanol–water partition coefficient (Wildman–Crippen LogP) is 4.13. The molecule has 1 unspecified atom stereocenters. The van der Waals surface area contributed by atoms with E-state index in [1.807, 2.05) is 18.2 Å². The average molecular weight is 295 g/mol. The number of alkyl halides is 3. The fraction of sp³-hybridized carbons (Fsp3) is 0.312. The van der Waals surface area contributed by atoms with E-state index in [1.54, 1.807) is 6.07 Å². The maximum Gasteiger partial charge on any atom is 0.417 e. The lowest BCUT2D eigenvalue weighted by atomic mass is 10.0. The molecule has 112 valence electrons. The van der Waals surface area contributed by atoms with Crippen molar-refractivity contribution in [2.24, 2.45) is 0 Å². The first kappa shape index (κ1) is 15.5. The standard InChI is InChI=1S/C16H16F3NO/c1-2-4-11-5-3-6-12(9-11)15(21)14-8-7-13(10-20-14)16(17,18)19/h3,5-10,15,21H,2,4H2,1H3. The molecule has 2 nitrogen and oxygen atoms in total. The van der Waals surface area contributed by atoms with Crippen LogP contribution in [0.5, 0.6) is 0 Å². The summed E-state index contributed by atoms with van der Waals surface area (Å²) in [6.07, 6.45) is -2.82. The Morgan fingerprint density at radius 2 is 1.95 bits per heavy atom. The van der Waals surface area contributed by atoms with Crippen molar-refractivity contribution < 1.29 is 18.3 Å². The fourth-order valence-corrected chi connectivity index (χ4v) is 2.11. The minimum atomic E-state index is -4.42. The van der Waals surface area contributed by atoms with Gasteiger partial charge in [-0.1, -0.05) is 37.6 Å². The van der Waals surface area contributed by atoms with Gasteiger partial charge < -0.3 is 5.11 Å². The molecule has 0 amide bonds. The Labute approximate surface area is 121 Å². The number of pyridine rings is 1. The molecule has 1 aromatic carbocycles. The minimum Gasteiger partial charge on any atom is -0.382 e. The average Bonchev–Trinajstić information content (AvgIpc) is 2.46. The highest BCUT2D eigenvalue weighted by molar-refractivity contribution is 5.31. The molecule has 0 aliphatic rings. The Morgan fingerprint density at radius 1 is 1.19 bits per heavy atom. The molecule has 0 spiro atoms. The van der Waals surface area contributed by atoms with E-state index in [-0.39, 0.29) is 5.69 Å². The van der Waals surface area contributed by atoms with Crippen molar-refractivity contribution in [2.45, 2.75) is 32.0 Å². The molecule has 1 N–H and O–H groups in total. The van der Waals surface area contributed by atoms with E-state index in [2.05, 4.69) is 11.9 Å². The second-order valence-corrected chi connectivity index (χ2v) is 4.87. The number of hydrogen-bond acceptors (Lipinski definition) is 2. The van der Waals surface area contributed by atoms with Gasteiger partial charge >= 0.3 is 6.18 Å². The van der Waals surface area contributed by atoms with Gasteiger partial charge in [-0.25, -0.2) is 0 Å². The van der Waals surface area contributed by atoms with Crippen LogP contribution in [-0.4, -0.2) is 10.1 Å². The summed E-state index contributed by atoms with van der Waals surface area (Å²) >= 11 is 0. The zero-order valence-corrected chi connectivity index (χ0v) is 11.6. The van der Waals surface area contributed by atoms with Crippen LogP contribution >= 0.6 is 0 Å². The first-order valence-electron chi connectivity index (χ1n) is 6.72. The van der Waals surface area contributed by atoms with E-state index in [9.17, 15) is 18.3 Å². The van der Waals surface area contributed by atoms with E-state index in [1.165, 1.54) is 6.07 Å². The third kappa shape index (κ3) is 3.82. The number of aliphatic hydroxyl groups is 1. The smallest absolute Gasteiger partial charge is 0.382 e. The first-order chi connectivity index (χ1) is 9.91. The summed E-state index contributed by atoms with van der Waals surface area (Å²) in [4.78, 5) is 3.73. The molecule has 0 fully saturated rings. The maximum atomic E-state index is 12.5. The fourth-order valence-electron chi connectivity index (χ4n) is 2.11. The number of aliphatic hydroxyl groups excluding tert-OH is 1. The lowest BCUT2D eigenvalue weighted by molar-refractivity contribution is -0.137. The molecule has 21 heavy (non-hydrogen) atoms. The largest absolute Gasteiger partial charge is 0.417 e. The molecule has 1 heterocycles. The number of aryl methyl sites for hydroxylation is 1. The zero-order chi connectivity index (χ0) is 15.5. The van der Waals surface area contributed by atoms with Crippen molar-refractivity contribution >= 4 is 0 Å². The van der Waals surface area contributed by atoms with Crippen molar-refractivity contribution in [3.05, 3.63) is 65.0 Å². The van der Waals surface area contributed by atoms with Gasteiger partial charge in [-0.3, -0.25) is 4.98 Å². The van der Waals surface area contributed by atoms with Crippen LogP contribution < -0.4 is 0 Å². The highest BCUT2D eigenvalue weighted by atomic mass is 19.4. The highest BCUT2D eigenvalue weighted by Gasteiger charge is 2.31. The van der Waals surface area contributed by atoms with Crippen molar-refractivity contribution in [2.75, 3.05) is 0 Å². The first-order valence-corrected chi connectivity index (χ1v) is 6.72. The Balaban J connectivity index is 2.23. The number of rotatable bonds is 4. The van der Waals surface area contributed by atoms with Gasteiger partial charge in [0.2, 0.25) is 0 Å². The second-order valence-electron chi connectivity index (χ2n) is 4.87. The van der Waals surface area contributed by atoms with Gasteiger partial charge in [0.15, 0.2) is 0 Å². The highest BCUT2D eigenvalue weighted by Crippen LogP contribution is 2.29. The Kier molecular flexibility index (Phi) is 4.63. The molecule has 0 radical (unpaired) electrons.